The maximum Gasteiger partial charge on any atom is 0.0135 e. The smallest absolute Gasteiger partial charge is 0.0135 e. The van der Waals surface area contributed by atoms with Crippen molar-refractivity contribution >= 4 is 0 Å². The highest BCUT2D eigenvalue weighted by atomic mass is 14.9. The zero-order valence-corrected chi connectivity index (χ0v) is 10.9. The molecule has 0 heterocycles. The molecule has 3 unspecified atom stereocenters. The Balaban J connectivity index is 2.09. The lowest BCUT2D eigenvalue weighted by Gasteiger charge is -2.17. The first-order valence-corrected chi connectivity index (χ1v) is 6.35. The molecule has 3 atom stereocenters. The van der Waals surface area contributed by atoms with Crippen LogP contribution in [0.5, 0.6) is 0 Å². The van der Waals surface area contributed by atoms with Crippen molar-refractivity contribution in [2.24, 2.45) is 11.8 Å². The van der Waals surface area contributed by atoms with Gasteiger partial charge in [0, 0.05) is 6.04 Å². The molecule has 1 fully saturated rings. The molecule has 0 spiro atoms. The van der Waals surface area contributed by atoms with Crippen LogP contribution in [-0.2, 0) is 6.42 Å². The van der Waals surface area contributed by atoms with Crippen molar-refractivity contribution in [3.63, 3.8) is 0 Å². The monoisotopic (exact) mass is 217 g/mol. The maximum absolute atomic E-state index is 3.49. The molecule has 16 heavy (non-hydrogen) atoms. The Kier molecular flexibility index (Phi) is 3.34. The molecule has 1 N–H and O–H groups in total. The van der Waals surface area contributed by atoms with E-state index < -0.39 is 0 Å². The second kappa shape index (κ2) is 4.58. The topological polar surface area (TPSA) is 12.0 Å². The number of benzene rings is 1. The van der Waals surface area contributed by atoms with Crippen molar-refractivity contribution in [1.82, 2.24) is 5.32 Å². The molecule has 88 valence electrons. The van der Waals surface area contributed by atoms with Gasteiger partial charge in [0.2, 0.25) is 0 Å². The van der Waals surface area contributed by atoms with Gasteiger partial charge in [-0.05, 0) is 56.7 Å². The van der Waals surface area contributed by atoms with E-state index in [1.165, 1.54) is 29.5 Å². The van der Waals surface area contributed by atoms with E-state index in [1.54, 1.807) is 0 Å². The predicted molar refractivity (Wildman–Crippen MR) is 69.7 cm³/mol. The summed E-state index contributed by atoms with van der Waals surface area (Å²) >= 11 is 0. The quantitative estimate of drug-likeness (QED) is 0.817. The van der Waals surface area contributed by atoms with Gasteiger partial charge in [-0.15, -0.1) is 0 Å². The molecule has 1 aromatic rings. The molecule has 1 heteroatoms. The average molecular weight is 217 g/mol. The molecule has 0 saturated heterocycles. The van der Waals surface area contributed by atoms with E-state index >= 15 is 0 Å². The average Bonchev–Trinajstić information content (AvgIpc) is 2.97. The zero-order chi connectivity index (χ0) is 11.7. The fourth-order valence-corrected chi connectivity index (χ4v) is 2.64. The first kappa shape index (κ1) is 11.7. The van der Waals surface area contributed by atoms with E-state index in [2.05, 4.69) is 51.3 Å². The van der Waals surface area contributed by atoms with Gasteiger partial charge in [0.05, 0.1) is 0 Å². The van der Waals surface area contributed by atoms with E-state index in [0.717, 1.165) is 11.8 Å². The van der Waals surface area contributed by atoms with E-state index in [-0.39, 0.29) is 0 Å². The van der Waals surface area contributed by atoms with E-state index in [9.17, 15) is 0 Å². The largest absolute Gasteiger partial charge is 0.316 e. The van der Waals surface area contributed by atoms with Gasteiger partial charge in [-0.2, -0.15) is 0 Å². The molecule has 1 aromatic carbocycles. The normalized spacial score (nSPS) is 25.5. The third kappa shape index (κ3) is 2.46. The highest BCUT2D eigenvalue weighted by Gasteiger charge is 2.38. The van der Waals surface area contributed by atoms with Crippen molar-refractivity contribution in [3.8, 4) is 0 Å². The molecular weight excluding hydrogens is 194 g/mol. The lowest BCUT2D eigenvalue weighted by molar-refractivity contribution is 0.478. The van der Waals surface area contributed by atoms with E-state index in [4.69, 9.17) is 0 Å². The van der Waals surface area contributed by atoms with Gasteiger partial charge in [-0.1, -0.05) is 30.7 Å². The Morgan fingerprint density at radius 1 is 1.38 bits per heavy atom. The van der Waals surface area contributed by atoms with Gasteiger partial charge in [0.15, 0.2) is 0 Å². The SMILES string of the molecule is CNC(Cc1cc(C)ccc1C)C1CC1C. The third-order valence-electron chi connectivity index (χ3n) is 4.00. The standard InChI is InChI=1S/C15H23N/c1-10-5-6-11(2)13(7-10)9-15(16-4)14-8-12(14)3/h5-7,12,14-16H,8-9H2,1-4H3. The molecule has 0 radical (unpaired) electrons. The molecule has 1 aliphatic carbocycles. The summed E-state index contributed by atoms with van der Waals surface area (Å²) in [5.74, 6) is 1.81. The molecular formula is C15H23N. The van der Waals surface area contributed by atoms with Gasteiger partial charge in [-0.3, -0.25) is 0 Å². The van der Waals surface area contributed by atoms with Gasteiger partial charge in [0.1, 0.15) is 0 Å². The van der Waals surface area contributed by atoms with Gasteiger partial charge < -0.3 is 5.32 Å². The van der Waals surface area contributed by atoms with Gasteiger partial charge in [-0.25, -0.2) is 0 Å². The van der Waals surface area contributed by atoms with Crippen LogP contribution in [0.15, 0.2) is 18.2 Å². The van der Waals surface area contributed by atoms with Gasteiger partial charge in [0.25, 0.3) is 0 Å². The van der Waals surface area contributed by atoms with Crippen LogP contribution in [0.4, 0.5) is 0 Å². The number of hydrogen-bond donors (Lipinski definition) is 1. The maximum atomic E-state index is 3.49. The van der Waals surface area contributed by atoms with Crippen molar-refractivity contribution in [2.45, 2.75) is 39.7 Å². The Hall–Kier alpha value is -0.820. The summed E-state index contributed by atoms with van der Waals surface area (Å²) in [6.07, 6.45) is 2.58. The van der Waals surface area contributed by atoms with Crippen LogP contribution in [0.3, 0.4) is 0 Å². The summed E-state index contributed by atoms with van der Waals surface area (Å²) in [4.78, 5) is 0. The van der Waals surface area contributed by atoms with Crippen molar-refractivity contribution in [3.05, 3.63) is 34.9 Å². The molecule has 1 aliphatic rings. The molecule has 0 bridgehead atoms. The number of likely N-dealkylation sites (N-methyl/N-ethyl adjacent to an activating group) is 1. The first-order chi connectivity index (χ1) is 7.61. The number of nitrogens with one attached hydrogen (secondary N) is 1. The highest BCUT2D eigenvalue weighted by Crippen LogP contribution is 2.41. The van der Waals surface area contributed by atoms with Crippen LogP contribution in [0.1, 0.15) is 30.0 Å². The van der Waals surface area contributed by atoms with Crippen LogP contribution in [0.2, 0.25) is 0 Å². The Labute approximate surface area is 99.3 Å². The molecule has 2 rings (SSSR count). The Morgan fingerprint density at radius 2 is 2.06 bits per heavy atom. The number of hydrogen-bond acceptors (Lipinski definition) is 1. The van der Waals surface area contributed by atoms with Crippen molar-refractivity contribution < 1.29 is 0 Å². The Morgan fingerprint density at radius 3 is 2.62 bits per heavy atom. The number of rotatable bonds is 4. The number of aryl methyl sites for hydroxylation is 2. The van der Waals surface area contributed by atoms with E-state index in [0.29, 0.717) is 6.04 Å². The van der Waals surface area contributed by atoms with Gasteiger partial charge >= 0.3 is 0 Å². The summed E-state index contributed by atoms with van der Waals surface area (Å²) < 4.78 is 0. The summed E-state index contributed by atoms with van der Waals surface area (Å²) in [7, 11) is 2.10. The van der Waals surface area contributed by atoms with Crippen LogP contribution >= 0.6 is 0 Å². The molecule has 0 aromatic heterocycles. The fourth-order valence-electron chi connectivity index (χ4n) is 2.64. The lowest BCUT2D eigenvalue weighted by Crippen LogP contribution is -2.30. The molecule has 1 nitrogen and oxygen atoms in total. The van der Waals surface area contributed by atoms with Crippen LogP contribution < -0.4 is 5.32 Å². The first-order valence-electron chi connectivity index (χ1n) is 6.35. The van der Waals surface area contributed by atoms with Crippen molar-refractivity contribution in [1.29, 1.82) is 0 Å². The fraction of sp³-hybridized carbons (Fsp3) is 0.600. The van der Waals surface area contributed by atoms with Crippen LogP contribution in [-0.4, -0.2) is 13.1 Å². The third-order valence-corrected chi connectivity index (χ3v) is 4.00. The summed E-state index contributed by atoms with van der Waals surface area (Å²) in [6, 6.07) is 7.45. The van der Waals surface area contributed by atoms with Crippen molar-refractivity contribution in [2.75, 3.05) is 7.05 Å². The minimum atomic E-state index is 0.662. The minimum Gasteiger partial charge on any atom is -0.316 e. The summed E-state index contributed by atoms with van der Waals surface area (Å²) in [5, 5.41) is 3.49. The summed E-state index contributed by atoms with van der Waals surface area (Å²) in [5.41, 5.74) is 4.32. The molecule has 1 saturated carbocycles. The zero-order valence-electron chi connectivity index (χ0n) is 10.9. The second-order valence-corrected chi connectivity index (χ2v) is 5.41. The molecule has 0 amide bonds. The lowest BCUT2D eigenvalue weighted by atomic mass is 9.96. The predicted octanol–water partition coefficient (Wildman–Crippen LogP) is 3.09. The summed E-state index contributed by atoms with van der Waals surface area (Å²) in [6.45, 7) is 6.76. The van der Waals surface area contributed by atoms with Crippen LogP contribution in [0, 0.1) is 25.7 Å². The minimum absolute atomic E-state index is 0.662. The van der Waals surface area contributed by atoms with Crippen LogP contribution in [0.25, 0.3) is 0 Å². The second-order valence-electron chi connectivity index (χ2n) is 5.41. The highest BCUT2D eigenvalue weighted by molar-refractivity contribution is 5.31. The Bertz CT molecular complexity index is 370. The molecule has 0 aliphatic heterocycles. The van der Waals surface area contributed by atoms with E-state index in [1.807, 2.05) is 0 Å².